The third-order valence-electron chi connectivity index (χ3n) is 3.05. The molecule has 1 heterocycles. The van der Waals surface area contributed by atoms with Crippen LogP contribution in [0.3, 0.4) is 0 Å². The summed E-state index contributed by atoms with van der Waals surface area (Å²) < 4.78 is 1.88. The van der Waals surface area contributed by atoms with E-state index in [1.165, 1.54) is 6.07 Å². The number of nitrogens with zero attached hydrogens (tertiary/aromatic N) is 3. The van der Waals surface area contributed by atoms with Crippen LogP contribution in [0.1, 0.15) is 31.9 Å². The standard InChI is InChI=1S/C14H18N4O2/c1-3-7-17-10-13(9-15-17)16-11(2)12-5-4-6-14(8-12)18(19)20/h4-6,8-11,16H,3,7H2,1-2H3. The van der Waals surface area contributed by atoms with Gasteiger partial charge >= 0.3 is 0 Å². The fourth-order valence-corrected chi connectivity index (χ4v) is 2.03. The minimum absolute atomic E-state index is 0.0193. The smallest absolute Gasteiger partial charge is 0.269 e. The molecule has 6 heteroatoms. The summed E-state index contributed by atoms with van der Waals surface area (Å²) in [5.74, 6) is 0. The predicted octanol–water partition coefficient (Wildman–Crippen LogP) is 3.37. The van der Waals surface area contributed by atoms with E-state index in [-0.39, 0.29) is 16.7 Å². The van der Waals surface area contributed by atoms with E-state index in [0.717, 1.165) is 24.2 Å². The lowest BCUT2D eigenvalue weighted by Gasteiger charge is -2.13. The van der Waals surface area contributed by atoms with Crippen LogP contribution in [-0.4, -0.2) is 14.7 Å². The molecule has 0 bridgehead atoms. The third-order valence-corrected chi connectivity index (χ3v) is 3.05. The van der Waals surface area contributed by atoms with Crippen molar-refractivity contribution in [1.82, 2.24) is 9.78 Å². The molecule has 0 aliphatic rings. The highest BCUT2D eigenvalue weighted by atomic mass is 16.6. The molecule has 1 aromatic heterocycles. The highest BCUT2D eigenvalue weighted by Crippen LogP contribution is 2.22. The molecular weight excluding hydrogens is 256 g/mol. The Bertz CT molecular complexity index is 594. The molecule has 0 aliphatic carbocycles. The summed E-state index contributed by atoms with van der Waals surface area (Å²) in [6, 6.07) is 6.64. The second-order valence-corrected chi connectivity index (χ2v) is 4.71. The van der Waals surface area contributed by atoms with Crippen LogP contribution < -0.4 is 5.32 Å². The quantitative estimate of drug-likeness (QED) is 0.647. The normalized spacial score (nSPS) is 12.1. The van der Waals surface area contributed by atoms with Crippen molar-refractivity contribution >= 4 is 11.4 Å². The van der Waals surface area contributed by atoms with Gasteiger partial charge < -0.3 is 5.32 Å². The minimum Gasteiger partial charge on any atom is -0.376 e. The van der Waals surface area contributed by atoms with E-state index >= 15 is 0 Å². The summed E-state index contributed by atoms with van der Waals surface area (Å²) >= 11 is 0. The summed E-state index contributed by atoms with van der Waals surface area (Å²) in [5, 5.41) is 18.3. The highest BCUT2D eigenvalue weighted by Gasteiger charge is 2.11. The predicted molar refractivity (Wildman–Crippen MR) is 77.7 cm³/mol. The van der Waals surface area contributed by atoms with E-state index < -0.39 is 0 Å². The van der Waals surface area contributed by atoms with Gasteiger partial charge in [0.25, 0.3) is 5.69 Å². The first-order chi connectivity index (χ1) is 9.60. The Kier molecular flexibility index (Phi) is 4.34. The lowest BCUT2D eigenvalue weighted by atomic mass is 10.1. The molecule has 0 aliphatic heterocycles. The summed E-state index contributed by atoms with van der Waals surface area (Å²) in [6.45, 7) is 4.95. The highest BCUT2D eigenvalue weighted by molar-refractivity contribution is 5.43. The molecular formula is C14H18N4O2. The number of nitro groups is 1. The topological polar surface area (TPSA) is 73.0 Å². The Morgan fingerprint density at radius 2 is 2.30 bits per heavy atom. The first-order valence-corrected chi connectivity index (χ1v) is 6.63. The molecule has 2 rings (SSSR count). The summed E-state index contributed by atoms with van der Waals surface area (Å²) in [4.78, 5) is 10.4. The lowest BCUT2D eigenvalue weighted by Crippen LogP contribution is -2.06. The van der Waals surface area contributed by atoms with Gasteiger partial charge in [-0.05, 0) is 18.9 Å². The molecule has 106 valence electrons. The number of anilines is 1. The van der Waals surface area contributed by atoms with Crippen molar-refractivity contribution < 1.29 is 4.92 Å². The van der Waals surface area contributed by atoms with Crippen molar-refractivity contribution in [2.45, 2.75) is 32.9 Å². The number of hydrogen-bond donors (Lipinski definition) is 1. The molecule has 1 unspecified atom stereocenters. The monoisotopic (exact) mass is 274 g/mol. The maximum Gasteiger partial charge on any atom is 0.269 e. The number of benzene rings is 1. The first kappa shape index (κ1) is 14.0. The lowest BCUT2D eigenvalue weighted by molar-refractivity contribution is -0.384. The number of nitro benzene ring substituents is 1. The molecule has 0 fully saturated rings. The Labute approximate surface area is 117 Å². The number of aromatic nitrogens is 2. The summed E-state index contributed by atoms with van der Waals surface area (Å²) in [5.41, 5.74) is 1.90. The van der Waals surface area contributed by atoms with Gasteiger partial charge in [-0.15, -0.1) is 0 Å². The van der Waals surface area contributed by atoms with E-state index in [0.29, 0.717) is 0 Å². The van der Waals surface area contributed by atoms with Crippen LogP contribution in [0, 0.1) is 10.1 Å². The van der Waals surface area contributed by atoms with Crippen LogP contribution >= 0.6 is 0 Å². The molecule has 20 heavy (non-hydrogen) atoms. The largest absolute Gasteiger partial charge is 0.376 e. The molecule has 0 spiro atoms. The molecule has 2 aromatic rings. The zero-order chi connectivity index (χ0) is 14.5. The van der Waals surface area contributed by atoms with Crippen LogP contribution in [0.15, 0.2) is 36.7 Å². The van der Waals surface area contributed by atoms with Crippen molar-refractivity contribution in [3.8, 4) is 0 Å². The SMILES string of the molecule is CCCn1cc(NC(C)c2cccc([N+](=O)[O-])c2)cn1. The second kappa shape index (κ2) is 6.18. The van der Waals surface area contributed by atoms with Crippen molar-refractivity contribution in [2.75, 3.05) is 5.32 Å². The van der Waals surface area contributed by atoms with Crippen LogP contribution in [0.2, 0.25) is 0 Å². The fourth-order valence-electron chi connectivity index (χ4n) is 2.03. The Morgan fingerprint density at radius 1 is 1.50 bits per heavy atom. The molecule has 0 saturated carbocycles. The average Bonchev–Trinajstić information content (AvgIpc) is 2.86. The van der Waals surface area contributed by atoms with Crippen molar-refractivity contribution in [1.29, 1.82) is 0 Å². The van der Waals surface area contributed by atoms with E-state index in [4.69, 9.17) is 0 Å². The van der Waals surface area contributed by atoms with E-state index in [9.17, 15) is 10.1 Å². The minimum atomic E-state index is -0.379. The Hall–Kier alpha value is -2.37. The number of aryl methyl sites for hydroxylation is 1. The van der Waals surface area contributed by atoms with Crippen LogP contribution in [0.25, 0.3) is 0 Å². The third kappa shape index (κ3) is 3.34. The number of rotatable bonds is 6. The summed E-state index contributed by atoms with van der Waals surface area (Å²) in [7, 11) is 0. The van der Waals surface area contributed by atoms with Crippen LogP contribution in [0.4, 0.5) is 11.4 Å². The van der Waals surface area contributed by atoms with Gasteiger partial charge in [0.2, 0.25) is 0 Å². The molecule has 1 atom stereocenters. The van der Waals surface area contributed by atoms with Gasteiger partial charge in [-0.2, -0.15) is 5.10 Å². The average molecular weight is 274 g/mol. The number of non-ortho nitro benzene ring substituents is 1. The van der Waals surface area contributed by atoms with Gasteiger partial charge in [-0.25, -0.2) is 0 Å². The molecule has 1 N–H and O–H groups in total. The van der Waals surface area contributed by atoms with Gasteiger partial charge in [0, 0.05) is 30.9 Å². The van der Waals surface area contributed by atoms with Crippen molar-refractivity contribution in [3.63, 3.8) is 0 Å². The second-order valence-electron chi connectivity index (χ2n) is 4.71. The van der Waals surface area contributed by atoms with Gasteiger partial charge in [0.1, 0.15) is 0 Å². The van der Waals surface area contributed by atoms with Gasteiger partial charge in [-0.3, -0.25) is 14.8 Å². The molecule has 6 nitrogen and oxygen atoms in total. The first-order valence-electron chi connectivity index (χ1n) is 6.63. The van der Waals surface area contributed by atoms with Crippen molar-refractivity contribution in [3.05, 3.63) is 52.3 Å². The maximum absolute atomic E-state index is 10.8. The number of nitrogens with one attached hydrogen (secondary N) is 1. The molecule has 0 saturated heterocycles. The van der Waals surface area contributed by atoms with Crippen LogP contribution in [0.5, 0.6) is 0 Å². The number of hydrogen-bond acceptors (Lipinski definition) is 4. The molecule has 0 amide bonds. The Balaban J connectivity index is 2.08. The molecule has 1 aromatic carbocycles. The maximum atomic E-state index is 10.8. The molecule has 0 radical (unpaired) electrons. The van der Waals surface area contributed by atoms with Crippen LogP contribution in [-0.2, 0) is 6.54 Å². The zero-order valence-electron chi connectivity index (χ0n) is 11.6. The van der Waals surface area contributed by atoms with E-state index in [1.807, 2.05) is 23.9 Å². The Morgan fingerprint density at radius 3 is 3.00 bits per heavy atom. The fraction of sp³-hybridized carbons (Fsp3) is 0.357. The van der Waals surface area contributed by atoms with E-state index in [2.05, 4.69) is 17.3 Å². The van der Waals surface area contributed by atoms with Gasteiger partial charge in [0.05, 0.1) is 16.8 Å². The van der Waals surface area contributed by atoms with E-state index in [1.54, 1.807) is 18.3 Å². The zero-order valence-corrected chi connectivity index (χ0v) is 11.6. The van der Waals surface area contributed by atoms with Gasteiger partial charge in [0.15, 0.2) is 0 Å². The van der Waals surface area contributed by atoms with Gasteiger partial charge in [-0.1, -0.05) is 19.1 Å². The van der Waals surface area contributed by atoms with Crippen molar-refractivity contribution in [2.24, 2.45) is 0 Å². The summed E-state index contributed by atoms with van der Waals surface area (Å²) in [6.07, 6.45) is 4.74.